The molecule has 1 atom stereocenters. The van der Waals surface area contributed by atoms with Crippen molar-refractivity contribution in [1.82, 2.24) is 4.98 Å². The molecule has 1 aliphatic rings. The van der Waals surface area contributed by atoms with Gasteiger partial charge in [0, 0.05) is 5.56 Å². The number of hydrogen-bond donors (Lipinski definition) is 1. The minimum atomic E-state index is -0.951. The van der Waals surface area contributed by atoms with Crippen LogP contribution in [0.15, 0.2) is 65.2 Å². The molecule has 7 nitrogen and oxygen atoms in total. The number of ether oxygens (including phenoxy) is 2. The lowest BCUT2D eigenvalue weighted by Crippen LogP contribution is -2.31. The number of amides is 1. The zero-order valence-corrected chi connectivity index (χ0v) is 20.9. The van der Waals surface area contributed by atoms with E-state index in [4.69, 9.17) is 14.5 Å². The first-order chi connectivity index (χ1) is 17.0. The predicted molar refractivity (Wildman–Crippen MR) is 137 cm³/mol. The third kappa shape index (κ3) is 3.77. The molecule has 0 fully saturated rings. The smallest absolute Gasteiger partial charge is 0.296 e. The Morgan fingerprint density at radius 3 is 2.66 bits per heavy atom. The fourth-order valence-corrected chi connectivity index (χ4v) is 6.01. The van der Waals surface area contributed by atoms with E-state index in [1.165, 1.54) is 41.8 Å². The second kappa shape index (κ2) is 9.16. The van der Waals surface area contributed by atoms with Crippen LogP contribution in [0.3, 0.4) is 0 Å². The summed E-state index contributed by atoms with van der Waals surface area (Å²) in [7, 11) is 3.01. The number of fused-ring (bicyclic) bond motifs is 1. The molecule has 178 valence electrons. The Labute approximate surface area is 209 Å². The SMILES string of the molecule is CCc1ccc2nc(N3C(=O)C(O)=C(C(=O)c4cccs4)[C@@H]3c3cccc(OC)c3OC)sc2c1. The highest BCUT2D eigenvalue weighted by molar-refractivity contribution is 7.22. The van der Waals surface area contributed by atoms with E-state index < -0.39 is 23.5 Å². The summed E-state index contributed by atoms with van der Waals surface area (Å²) in [5.74, 6) is -0.874. The number of aromatic nitrogens is 1. The molecular formula is C26H22N2O5S2. The highest BCUT2D eigenvalue weighted by atomic mass is 32.1. The summed E-state index contributed by atoms with van der Waals surface area (Å²) in [5, 5.41) is 13.2. The summed E-state index contributed by atoms with van der Waals surface area (Å²) in [6.07, 6.45) is 0.872. The number of rotatable bonds is 7. The third-order valence-corrected chi connectivity index (χ3v) is 7.87. The molecule has 1 aliphatic heterocycles. The van der Waals surface area contributed by atoms with Gasteiger partial charge in [-0.05, 0) is 41.6 Å². The average Bonchev–Trinajstić information content (AvgIpc) is 3.61. The number of benzene rings is 2. The van der Waals surface area contributed by atoms with Crippen molar-refractivity contribution in [1.29, 1.82) is 0 Å². The molecular weight excluding hydrogens is 484 g/mol. The van der Waals surface area contributed by atoms with Gasteiger partial charge in [-0.2, -0.15) is 0 Å². The Morgan fingerprint density at radius 2 is 1.97 bits per heavy atom. The number of anilines is 1. The van der Waals surface area contributed by atoms with E-state index in [9.17, 15) is 14.7 Å². The maximum Gasteiger partial charge on any atom is 0.296 e. The largest absolute Gasteiger partial charge is 0.503 e. The molecule has 2 aromatic carbocycles. The van der Waals surface area contributed by atoms with E-state index >= 15 is 0 Å². The topological polar surface area (TPSA) is 89.0 Å². The first kappa shape index (κ1) is 23.1. The molecule has 0 saturated carbocycles. The van der Waals surface area contributed by atoms with Crippen molar-refractivity contribution >= 4 is 49.7 Å². The minimum Gasteiger partial charge on any atom is -0.503 e. The van der Waals surface area contributed by atoms with Gasteiger partial charge in [0.05, 0.1) is 34.9 Å². The average molecular weight is 507 g/mol. The summed E-state index contributed by atoms with van der Waals surface area (Å²) in [6.45, 7) is 2.07. The Hall–Kier alpha value is -3.69. The normalized spacial score (nSPS) is 15.8. The summed E-state index contributed by atoms with van der Waals surface area (Å²) in [6, 6.07) is 13.7. The van der Waals surface area contributed by atoms with E-state index in [0.29, 0.717) is 27.1 Å². The molecule has 1 N–H and O–H groups in total. The highest BCUT2D eigenvalue weighted by Gasteiger charge is 2.47. The van der Waals surface area contributed by atoms with Crippen molar-refractivity contribution in [2.75, 3.05) is 19.1 Å². The van der Waals surface area contributed by atoms with Crippen LogP contribution in [0.4, 0.5) is 5.13 Å². The van der Waals surface area contributed by atoms with Gasteiger partial charge in [0.25, 0.3) is 5.91 Å². The standard InChI is InChI=1S/C26H22N2O5S2/c1-4-14-10-11-16-19(13-14)35-26(27-16)28-21(15-7-5-8-17(32-2)24(15)33-3)20(23(30)25(28)31)22(29)18-9-6-12-34-18/h5-13,21,30H,4H2,1-3H3/t21-/m0/s1. The number of carbonyl (C=O) groups is 2. The fraction of sp³-hybridized carbons (Fsp3) is 0.192. The van der Waals surface area contributed by atoms with Crippen LogP contribution in [0, 0.1) is 0 Å². The molecule has 3 heterocycles. The van der Waals surface area contributed by atoms with Crippen molar-refractivity contribution in [3.8, 4) is 11.5 Å². The molecule has 5 rings (SSSR count). The lowest BCUT2D eigenvalue weighted by Gasteiger charge is -2.26. The zero-order chi connectivity index (χ0) is 24.7. The van der Waals surface area contributed by atoms with Crippen molar-refractivity contribution in [3.63, 3.8) is 0 Å². The molecule has 0 spiro atoms. The molecule has 0 aliphatic carbocycles. The van der Waals surface area contributed by atoms with Gasteiger partial charge in [0.1, 0.15) is 6.04 Å². The maximum atomic E-state index is 13.6. The van der Waals surface area contributed by atoms with Crippen LogP contribution in [0.2, 0.25) is 0 Å². The number of thiazole rings is 1. The van der Waals surface area contributed by atoms with Gasteiger partial charge in [-0.1, -0.05) is 42.5 Å². The molecule has 4 aromatic rings. The second-order valence-electron chi connectivity index (χ2n) is 7.88. The van der Waals surface area contributed by atoms with Crippen molar-refractivity contribution in [3.05, 3.63) is 81.2 Å². The Bertz CT molecular complexity index is 1470. The molecule has 1 amide bonds. The van der Waals surface area contributed by atoms with Crippen LogP contribution in [0.5, 0.6) is 11.5 Å². The van der Waals surface area contributed by atoms with Gasteiger partial charge in [-0.25, -0.2) is 4.98 Å². The Morgan fingerprint density at radius 1 is 1.14 bits per heavy atom. The van der Waals surface area contributed by atoms with E-state index in [2.05, 4.69) is 6.92 Å². The van der Waals surface area contributed by atoms with Crippen molar-refractivity contribution < 1.29 is 24.2 Å². The van der Waals surface area contributed by atoms with Gasteiger partial charge in [0.15, 0.2) is 22.4 Å². The van der Waals surface area contributed by atoms with Crippen LogP contribution in [0.25, 0.3) is 10.2 Å². The van der Waals surface area contributed by atoms with Crippen LogP contribution in [-0.4, -0.2) is 36.0 Å². The summed E-state index contributed by atoms with van der Waals surface area (Å²) in [5.41, 5.74) is 2.39. The van der Waals surface area contributed by atoms with Crippen LogP contribution >= 0.6 is 22.7 Å². The quantitative estimate of drug-likeness (QED) is 0.323. The van der Waals surface area contributed by atoms with E-state index in [1.807, 2.05) is 18.2 Å². The maximum absolute atomic E-state index is 13.6. The monoisotopic (exact) mass is 506 g/mol. The summed E-state index contributed by atoms with van der Waals surface area (Å²) in [4.78, 5) is 33.5. The Kier molecular flexibility index (Phi) is 6.04. The number of nitrogens with zero attached hydrogens (tertiary/aromatic N) is 2. The Balaban J connectivity index is 1.73. The lowest BCUT2D eigenvalue weighted by molar-refractivity contribution is -0.117. The number of para-hydroxylation sites is 1. The zero-order valence-electron chi connectivity index (χ0n) is 19.3. The number of carbonyl (C=O) groups excluding carboxylic acids is 2. The van der Waals surface area contributed by atoms with E-state index in [0.717, 1.165) is 22.2 Å². The van der Waals surface area contributed by atoms with Crippen LogP contribution in [-0.2, 0) is 11.2 Å². The molecule has 35 heavy (non-hydrogen) atoms. The van der Waals surface area contributed by atoms with Crippen LogP contribution in [0.1, 0.15) is 33.8 Å². The summed E-state index contributed by atoms with van der Waals surface area (Å²) < 4.78 is 12.0. The van der Waals surface area contributed by atoms with Crippen molar-refractivity contribution in [2.24, 2.45) is 0 Å². The first-order valence-electron chi connectivity index (χ1n) is 10.9. The van der Waals surface area contributed by atoms with E-state index in [1.54, 1.807) is 35.7 Å². The number of methoxy groups -OCH3 is 2. The van der Waals surface area contributed by atoms with Gasteiger partial charge < -0.3 is 14.6 Å². The van der Waals surface area contributed by atoms with Gasteiger partial charge >= 0.3 is 0 Å². The number of aliphatic hydroxyl groups excluding tert-OH is 1. The molecule has 9 heteroatoms. The van der Waals surface area contributed by atoms with Crippen molar-refractivity contribution in [2.45, 2.75) is 19.4 Å². The number of hydrogen-bond acceptors (Lipinski definition) is 8. The number of aryl methyl sites for hydroxylation is 1. The number of aliphatic hydroxyl groups is 1. The lowest BCUT2D eigenvalue weighted by atomic mass is 9.94. The fourth-order valence-electron chi connectivity index (χ4n) is 4.28. The number of Topliss-reactive ketones (excluding diaryl/α,β-unsaturated/α-hetero) is 1. The molecule has 0 radical (unpaired) electrons. The number of thiophene rings is 1. The van der Waals surface area contributed by atoms with E-state index in [-0.39, 0.29) is 5.57 Å². The van der Waals surface area contributed by atoms with Gasteiger partial charge in [0.2, 0.25) is 5.78 Å². The third-order valence-electron chi connectivity index (χ3n) is 5.98. The predicted octanol–water partition coefficient (Wildman–Crippen LogP) is 5.72. The van der Waals surface area contributed by atoms with Gasteiger partial charge in [-0.3, -0.25) is 14.5 Å². The minimum absolute atomic E-state index is 0.0162. The van der Waals surface area contributed by atoms with Gasteiger partial charge in [-0.15, -0.1) is 11.3 Å². The summed E-state index contributed by atoms with van der Waals surface area (Å²) >= 11 is 2.59. The van der Waals surface area contributed by atoms with Crippen LogP contribution < -0.4 is 14.4 Å². The molecule has 0 bridgehead atoms. The molecule has 2 aromatic heterocycles. The molecule has 0 saturated heterocycles. The number of ketones is 1. The molecule has 0 unspecified atom stereocenters. The second-order valence-corrected chi connectivity index (χ2v) is 9.84. The first-order valence-corrected chi connectivity index (χ1v) is 12.6. The highest BCUT2D eigenvalue weighted by Crippen LogP contribution is 2.48.